The summed E-state index contributed by atoms with van der Waals surface area (Å²) >= 11 is 0. The number of hydrogen-bond acceptors (Lipinski definition) is 4. The van der Waals surface area contributed by atoms with Crippen LogP contribution in [0.4, 0.5) is 0 Å². The summed E-state index contributed by atoms with van der Waals surface area (Å²) in [4.78, 5) is 24.8. The van der Waals surface area contributed by atoms with Crippen molar-refractivity contribution in [1.82, 2.24) is 0 Å². The minimum absolute atomic E-state index is 0.147. The molecule has 4 heteroatoms. The molecule has 20 heavy (non-hydrogen) atoms. The van der Waals surface area contributed by atoms with Gasteiger partial charge >= 0.3 is 5.97 Å². The van der Waals surface area contributed by atoms with Crippen molar-refractivity contribution in [2.75, 3.05) is 13.2 Å². The van der Waals surface area contributed by atoms with Crippen LogP contribution in [0.3, 0.4) is 0 Å². The second-order valence-corrected chi connectivity index (χ2v) is 5.64. The Hall–Kier alpha value is -1.16. The van der Waals surface area contributed by atoms with Gasteiger partial charge in [-0.3, -0.25) is 4.79 Å². The number of carbonyl (C=O) groups is 2. The van der Waals surface area contributed by atoms with Gasteiger partial charge in [-0.05, 0) is 25.7 Å². The van der Waals surface area contributed by atoms with Crippen LogP contribution in [0.1, 0.15) is 45.4 Å². The maximum Gasteiger partial charge on any atom is 0.346 e. The SMILES string of the molecule is C=C[C@@H](C1CCCCC1)[C@]1(C(=O)OCC)OCCC1=O. The molecule has 0 amide bonds. The van der Waals surface area contributed by atoms with Crippen LogP contribution < -0.4 is 0 Å². The highest BCUT2D eigenvalue weighted by molar-refractivity contribution is 6.09. The van der Waals surface area contributed by atoms with E-state index in [1.165, 1.54) is 6.42 Å². The molecule has 0 aromatic rings. The topological polar surface area (TPSA) is 52.6 Å². The molecule has 1 saturated carbocycles. The Balaban J connectivity index is 2.30. The maximum absolute atomic E-state index is 12.4. The Morgan fingerprint density at radius 2 is 2.20 bits per heavy atom. The standard InChI is InChI=1S/C16H24O4/c1-3-13(12-8-6-5-7-9-12)16(15(18)19-4-2)14(17)10-11-20-16/h3,12-13H,1,4-11H2,2H3/t13-,16-/m0/s1. The van der Waals surface area contributed by atoms with E-state index >= 15 is 0 Å². The molecule has 2 atom stereocenters. The lowest BCUT2D eigenvalue weighted by atomic mass is 9.70. The van der Waals surface area contributed by atoms with Crippen LogP contribution in [0.25, 0.3) is 0 Å². The average Bonchev–Trinajstić information content (AvgIpc) is 2.84. The first kappa shape index (κ1) is 15.2. The van der Waals surface area contributed by atoms with Crippen molar-refractivity contribution in [2.24, 2.45) is 11.8 Å². The van der Waals surface area contributed by atoms with Crippen LogP contribution in [0, 0.1) is 11.8 Å². The van der Waals surface area contributed by atoms with Crippen molar-refractivity contribution in [1.29, 1.82) is 0 Å². The quantitative estimate of drug-likeness (QED) is 0.441. The summed E-state index contributed by atoms with van der Waals surface area (Å²) in [5.74, 6) is -0.658. The summed E-state index contributed by atoms with van der Waals surface area (Å²) in [6.45, 7) is 6.16. The van der Waals surface area contributed by atoms with E-state index in [9.17, 15) is 9.59 Å². The van der Waals surface area contributed by atoms with E-state index in [1.807, 2.05) is 0 Å². The van der Waals surface area contributed by atoms with Gasteiger partial charge in [-0.2, -0.15) is 0 Å². The van der Waals surface area contributed by atoms with Crippen LogP contribution in [-0.2, 0) is 19.1 Å². The lowest BCUT2D eigenvalue weighted by molar-refractivity contribution is -0.176. The number of rotatable bonds is 5. The van der Waals surface area contributed by atoms with Crippen LogP contribution in [0.5, 0.6) is 0 Å². The normalized spacial score (nSPS) is 29.1. The molecule has 112 valence electrons. The Morgan fingerprint density at radius 3 is 2.70 bits per heavy atom. The highest BCUT2D eigenvalue weighted by atomic mass is 16.6. The molecule has 0 spiro atoms. The monoisotopic (exact) mass is 280 g/mol. The van der Waals surface area contributed by atoms with Crippen LogP contribution in [0.15, 0.2) is 12.7 Å². The molecule has 0 bridgehead atoms. The first-order valence-corrected chi connectivity index (χ1v) is 7.63. The number of hydrogen-bond donors (Lipinski definition) is 0. The highest BCUT2D eigenvalue weighted by Gasteiger charge is 2.58. The summed E-state index contributed by atoms with van der Waals surface area (Å²) in [6.07, 6.45) is 7.57. The van der Waals surface area contributed by atoms with Crippen LogP contribution >= 0.6 is 0 Å². The van der Waals surface area contributed by atoms with E-state index in [2.05, 4.69) is 6.58 Å². The number of carbonyl (C=O) groups excluding carboxylic acids is 2. The molecule has 0 aromatic heterocycles. The molecule has 4 nitrogen and oxygen atoms in total. The third kappa shape index (κ3) is 2.53. The van der Waals surface area contributed by atoms with E-state index in [0.717, 1.165) is 25.7 Å². The molecular weight excluding hydrogens is 256 g/mol. The number of ether oxygens (including phenoxy) is 2. The van der Waals surface area contributed by atoms with Crippen LogP contribution in [0.2, 0.25) is 0 Å². The third-order valence-corrected chi connectivity index (χ3v) is 4.53. The van der Waals surface area contributed by atoms with Gasteiger partial charge in [0.25, 0.3) is 0 Å². The lowest BCUT2D eigenvalue weighted by Gasteiger charge is -2.37. The van der Waals surface area contributed by atoms with Crippen molar-refractivity contribution in [3.05, 3.63) is 12.7 Å². The maximum atomic E-state index is 12.4. The van der Waals surface area contributed by atoms with Crippen LogP contribution in [-0.4, -0.2) is 30.6 Å². The van der Waals surface area contributed by atoms with Gasteiger partial charge in [0.1, 0.15) is 0 Å². The predicted molar refractivity (Wildman–Crippen MR) is 75.2 cm³/mol. The van der Waals surface area contributed by atoms with Gasteiger partial charge in [0.05, 0.1) is 13.2 Å². The molecule has 1 heterocycles. The Labute approximate surface area is 120 Å². The van der Waals surface area contributed by atoms with Crippen molar-refractivity contribution in [3.63, 3.8) is 0 Å². The van der Waals surface area contributed by atoms with Gasteiger partial charge in [-0.1, -0.05) is 25.3 Å². The van der Waals surface area contributed by atoms with Crippen molar-refractivity contribution >= 4 is 11.8 Å². The molecule has 2 aliphatic rings. The van der Waals surface area contributed by atoms with Gasteiger partial charge in [0.15, 0.2) is 5.78 Å². The summed E-state index contributed by atoms with van der Waals surface area (Å²) in [5.41, 5.74) is -1.43. The molecule has 0 radical (unpaired) electrons. The van der Waals surface area contributed by atoms with E-state index < -0.39 is 11.6 Å². The first-order chi connectivity index (χ1) is 9.66. The zero-order valence-electron chi connectivity index (χ0n) is 12.2. The molecule has 1 aliphatic heterocycles. The molecule has 0 aromatic carbocycles. The third-order valence-electron chi connectivity index (χ3n) is 4.53. The first-order valence-electron chi connectivity index (χ1n) is 7.63. The number of Topliss-reactive ketones (excluding diaryl/α,β-unsaturated/α-hetero) is 1. The van der Waals surface area contributed by atoms with Gasteiger partial charge in [-0.15, -0.1) is 6.58 Å². The smallest absolute Gasteiger partial charge is 0.346 e. The zero-order valence-corrected chi connectivity index (χ0v) is 12.2. The molecule has 1 saturated heterocycles. The fourth-order valence-electron chi connectivity index (χ4n) is 3.58. The second kappa shape index (κ2) is 6.53. The largest absolute Gasteiger partial charge is 0.463 e. The molecule has 2 rings (SSSR count). The fraction of sp³-hybridized carbons (Fsp3) is 0.750. The van der Waals surface area contributed by atoms with E-state index in [-0.39, 0.29) is 30.6 Å². The Kier molecular flexibility index (Phi) is 4.97. The average molecular weight is 280 g/mol. The summed E-state index contributed by atoms with van der Waals surface area (Å²) in [7, 11) is 0. The molecule has 1 aliphatic carbocycles. The fourth-order valence-corrected chi connectivity index (χ4v) is 3.58. The van der Waals surface area contributed by atoms with E-state index in [0.29, 0.717) is 6.61 Å². The summed E-state index contributed by atoms with van der Waals surface area (Å²) in [6, 6.07) is 0. The van der Waals surface area contributed by atoms with Gasteiger partial charge in [0, 0.05) is 12.3 Å². The van der Waals surface area contributed by atoms with Gasteiger partial charge in [-0.25, -0.2) is 4.79 Å². The van der Waals surface area contributed by atoms with Crippen molar-refractivity contribution in [2.45, 2.75) is 51.0 Å². The van der Waals surface area contributed by atoms with E-state index in [1.54, 1.807) is 13.0 Å². The molecular formula is C16H24O4. The highest BCUT2D eigenvalue weighted by Crippen LogP contribution is 2.42. The van der Waals surface area contributed by atoms with Gasteiger partial charge < -0.3 is 9.47 Å². The second-order valence-electron chi connectivity index (χ2n) is 5.64. The lowest BCUT2D eigenvalue weighted by Crippen LogP contribution is -2.54. The van der Waals surface area contributed by atoms with Crippen molar-refractivity contribution in [3.8, 4) is 0 Å². The number of ketones is 1. The molecule has 0 N–H and O–H groups in total. The van der Waals surface area contributed by atoms with E-state index in [4.69, 9.17) is 9.47 Å². The molecule has 0 unspecified atom stereocenters. The zero-order chi connectivity index (χ0) is 14.6. The van der Waals surface area contributed by atoms with Crippen molar-refractivity contribution < 1.29 is 19.1 Å². The number of esters is 1. The minimum atomic E-state index is -1.43. The predicted octanol–water partition coefficient (Wildman–Crippen LogP) is 2.66. The molecule has 2 fully saturated rings. The summed E-state index contributed by atoms with van der Waals surface area (Å²) < 4.78 is 10.8. The Bertz CT molecular complexity index is 384. The summed E-state index contributed by atoms with van der Waals surface area (Å²) in [5, 5.41) is 0. The Morgan fingerprint density at radius 1 is 1.50 bits per heavy atom. The van der Waals surface area contributed by atoms with Gasteiger partial charge in [0.2, 0.25) is 5.60 Å². The minimum Gasteiger partial charge on any atom is -0.463 e.